The van der Waals surface area contributed by atoms with Gasteiger partial charge in [-0.15, -0.1) is 0 Å². The molecule has 0 radical (unpaired) electrons. The fourth-order valence-corrected chi connectivity index (χ4v) is 4.28. The molecule has 1 aromatic heterocycles. The van der Waals surface area contributed by atoms with E-state index in [1.165, 1.54) is 31.3 Å². The number of methoxy groups -OCH3 is 2. The molecule has 9 heteroatoms. The Bertz CT molecular complexity index is 1280. The van der Waals surface area contributed by atoms with Crippen molar-refractivity contribution >= 4 is 40.7 Å². The first-order valence-corrected chi connectivity index (χ1v) is 11.0. The van der Waals surface area contributed by atoms with Gasteiger partial charge in [0.05, 0.1) is 36.4 Å². The predicted octanol–water partition coefficient (Wildman–Crippen LogP) is 5.03. The first-order chi connectivity index (χ1) is 16.3. The molecule has 1 unspecified atom stereocenters. The summed E-state index contributed by atoms with van der Waals surface area (Å²) in [4.78, 5) is 31.8. The van der Waals surface area contributed by atoms with Crippen molar-refractivity contribution < 1.29 is 24.2 Å². The molecule has 0 aliphatic carbocycles. The molecule has 7 nitrogen and oxygen atoms in total. The number of ether oxygens (including phenoxy) is 2. The highest BCUT2D eigenvalue weighted by Gasteiger charge is 2.46. The van der Waals surface area contributed by atoms with E-state index in [2.05, 4.69) is 4.98 Å². The molecule has 3 aromatic rings. The number of aliphatic hydroxyl groups is 1. The lowest BCUT2D eigenvalue weighted by atomic mass is 9.95. The number of hydrogen-bond donors (Lipinski definition) is 1. The zero-order valence-electron chi connectivity index (χ0n) is 18.3. The molecule has 1 fully saturated rings. The fraction of sp³-hybridized carbons (Fsp3) is 0.160. The minimum Gasteiger partial charge on any atom is -0.507 e. The minimum absolute atomic E-state index is 0.0873. The first-order valence-electron chi connectivity index (χ1n) is 10.2. The third-order valence-corrected chi connectivity index (χ3v) is 6.08. The van der Waals surface area contributed by atoms with E-state index in [1.54, 1.807) is 48.8 Å². The van der Waals surface area contributed by atoms with E-state index in [0.29, 0.717) is 16.3 Å². The molecule has 0 bridgehead atoms. The second-order valence-electron chi connectivity index (χ2n) is 7.53. The number of carbonyl (C=O) groups is 2. The third-order valence-electron chi connectivity index (χ3n) is 5.53. The van der Waals surface area contributed by atoms with Gasteiger partial charge < -0.3 is 19.5 Å². The second-order valence-corrected chi connectivity index (χ2v) is 8.37. The fourth-order valence-electron chi connectivity index (χ4n) is 3.91. The summed E-state index contributed by atoms with van der Waals surface area (Å²) < 4.78 is 10.6. The predicted molar refractivity (Wildman–Crippen MR) is 128 cm³/mol. The Morgan fingerprint density at radius 3 is 2.38 bits per heavy atom. The van der Waals surface area contributed by atoms with Gasteiger partial charge in [0, 0.05) is 30.0 Å². The Kier molecular flexibility index (Phi) is 6.77. The van der Waals surface area contributed by atoms with Crippen LogP contribution in [0.25, 0.3) is 5.76 Å². The summed E-state index contributed by atoms with van der Waals surface area (Å²) in [5.74, 6) is -1.42. The highest BCUT2D eigenvalue weighted by Crippen LogP contribution is 2.43. The number of ketones is 1. The van der Waals surface area contributed by atoms with Crippen LogP contribution in [0.4, 0.5) is 0 Å². The number of aromatic nitrogens is 1. The molecule has 34 heavy (non-hydrogen) atoms. The molecule has 1 aliphatic heterocycles. The number of likely N-dealkylation sites (tertiary alicyclic amines) is 1. The Morgan fingerprint density at radius 2 is 1.76 bits per heavy atom. The van der Waals surface area contributed by atoms with Crippen LogP contribution in [0.5, 0.6) is 11.5 Å². The van der Waals surface area contributed by atoms with Crippen LogP contribution in [0, 0.1) is 0 Å². The van der Waals surface area contributed by atoms with Crippen molar-refractivity contribution in [3.63, 3.8) is 0 Å². The molecule has 1 atom stereocenters. The molecule has 2 aromatic carbocycles. The molecule has 1 saturated heterocycles. The Hall–Kier alpha value is -3.55. The Morgan fingerprint density at radius 1 is 1.06 bits per heavy atom. The van der Waals surface area contributed by atoms with Gasteiger partial charge in [0.2, 0.25) is 0 Å². The van der Waals surface area contributed by atoms with Crippen molar-refractivity contribution in [3.8, 4) is 11.5 Å². The van der Waals surface area contributed by atoms with Crippen molar-refractivity contribution in [2.45, 2.75) is 12.6 Å². The number of hydrogen-bond acceptors (Lipinski definition) is 6. The molecular weight excluding hydrogens is 479 g/mol. The minimum atomic E-state index is -0.872. The van der Waals surface area contributed by atoms with E-state index < -0.39 is 23.5 Å². The molecule has 0 spiro atoms. The van der Waals surface area contributed by atoms with E-state index in [4.69, 9.17) is 32.7 Å². The summed E-state index contributed by atoms with van der Waals surface area (Å²) in [6, 6.07) is 12.3. The summed E-state index contributed by atoms with van der Waals surface area (Å²) in [6.45, 7) is 0.114. The number of amides is 1. The lowest BCUT2D eigenvalue weighted by molar-refractivity contribution is -0.140. The summed E-state index contributed by atoms with van der Waals surface area (Å²) >= 11 is 12.3. The summed E-state index contributed by atoms with van der Waals surface area (Å²) in [5, 5.41) is 12.0. The molecule has 0 saturated carbocycles. The summed E-state index contributed by atoms with van der Waals surface area (Å²) in [7, 11) is 2.86. The topological polar surface area (TPSA) is 89.0 Å². The maximum Gasteiger partial charge on any atom is 0.295 e. The second kappa shape index (κ2) is 9.75. The highest BCUT2D eigenvalue weighted by atomic mass is 35.5. The van der Waals surface area contributed by atoms with Crippen LogP contribution in [-0.2, 0) is 16.1 Å². The van der Waals surface area contributed by atoms with Crippen molar-refractivity contribution in [2.75, 3.05) is 14.2 Å². The van der Waals surface area contributed by atoms with Gasteiger partial charge in [0.25, 0.3) is 11.7 Å². The normalized spacial score (nSPS) is 17.2. The number of benzene rings is 2. The van der Waals surface area contributed by atoms with Crippen molar-refractivity contribution in [1.29, 1.82) is 0 Å². The SMILES string of the molecule is COc1cc(OC)c(/C(O)=C2\C(=O)C(=O)N(Cc3cccnc3)C2c2ccc(Cl)cc2)cc1Cl. The molecule has 1 amide bonds. The number of aliphatic hydroxyl groups excluding tert-OH is 1. The summed E-state index contributed by atoms with van der Waals surface area (Å²) in [5.41, 5.74) is 1.41. The van der Waals surface area contributed by atoms with E-state index in [-0.39, 0.29) is 28.5 Å². The van der Waals surface area contributed by atoms with Crippen LogP contribution >= 0.6 is 23.2 Å². The average molecular weight is 499 g/mol. The van der Waals surface area contributed by atoms with Gasteiger partial charge >= 0.3 is 0 Å². The first kappa shape index (κ1) is 23.6. The van der Waals surface area contributed by atoms with Crippen molar-refractivity contribution in [2.24, 2.45) is 0 Å². The zero-order valence-corrected chi connectivity index (χ0v) is 19.8. The van der Waals surface area contributed by atoms with Crippen LogP contribution in [0.1, 0.15) is 22.7 Å². The van der Waals surface area contributed by atoms with Gasteiger partial charge in [0.1, 0.15) is 17.3 Å². The lowest BCUT2D eigenvalue weighted by Gasteiger charge is -2.25. The largest absolute Gasteiger partial charge is 0.507 e. The molecule has 1 N–H and O–H groups in total. The average Bonchev–Trinajstić information content (AvgIpc) is 3.09. The number of nitrogens with zero attached hydrogens (tertiary/aromatic N) is 2. The van der Waals surface area contributed by atoms with Crippen LogP contribution in [0.3, 0.4) is 0 Å². The lowest BCUT2D eigenvalue weighted by Crippen LogP contribution is -2.29. The van der Waals surface area contributed by atoms with Crippen molar-refractivity contribution in [3.05, 3.63) is 93.2 Å². The van der Waals surface area contributed by atoms with E-state index in [1.807, 2.05) is 0 Å². The number of halogens is 2. The van der Waals surface area contributed by atoms with Crippen molar-refractivity contribution in [1.82, 2.24) is 9.88 Å². The van der Waals surface area contributed by atoms with Gasteiger partial charge in [-0.1, -0.05) is 41.4 Å². The monoisotopic (exact) mass is 498 g/mol. The van der Waals surface area contributed by atoms with Crippen LogP contribution < -0.4 is 9.47 Å². The standard InChI is InChI=1S/C25H20Cl2N2O5/c1-33-19-11-20(34-2)18(27)10-17(19)23(30)21-22(15-5-7-16(26)8-6-15)29(25(32)24(21)31)13-14-4-3-9-28-12-14/h3-12,22,30H,13H2,1-2H3/b23-21+. The Labute approximate surface area is 206 Å². The quantitative estimate of drug-likeness (QED) is 0.291. The molecular formula is C25H20Cl2N2O5. The van der Waals surface area contributed by atoms with Crippen LogP contribution in [0.15, 0.2) is 66.5 Å². The number of pyridine rings is 1. The van der Waals surface area contributed by atoms with Gasteiger partial charge in [-0.05, 0) is 35.4 Å². The van der Waals surface area contributed by atoms with Gasteiger partial charge in [-0.25, -0.2) is 0 Å². The molecule has 4 rings (SSSR count). The highest BCUT2D eigenvalue weighted by molar-refractivity contribution is 6.46. The van der Waals surface area contributed by atoms with E-state index in [0.717, 1.165) is 5.56 Å². The smallest absolute Gasteiger partial charge is 0.295 e. The van der Waals surface area contributed by atoms with E-state index >= 15 is 0 Å². The van der Waals surface area contributed by atoms with Gasteiger partial charge in [-0.2, -0.15) is 0 Å². The van der Waals surface area contributed by atoms with Crippen LogP contribution in [0.2, 0.25) is 10.0 Å². The third kappa shape index (κ3) is 4.32. The van der Waals surface area contributed by atoms with Gasteiger partial charge in [0.15, 0.2) is 0 Å². The molecule has 2 heterocycles. The van der Waals surface area contributed by atoms with E-state index in [9.17, 15) is 14.7 Å². The number of rotatable bonds is 6. The number of Topliss-reactive ketones (excluding diaryl/α,β-unsaturated/α-hetero) is 1. The Balaban J connectivity index is 1.91. The van der Waals surface area contributed by atoms with Gasteiger partial charge in [-0.3, -0.25) is 14.6 Å². The molecule has 1 aliphatic rings. The summed E-state index contributed by atoms with van der Waals surface area (Å²) in [6.07, 6.45) is 3.23. The maximum absolute atomic E-state index is 13.2. The van der Waals surface area contributed by atoms with Crippen LogP contribution in [-0.4, -0.2) is 40.9 Å². The number of carbonyl (C=O) groups excluding carboxylic acids is 2. The molecule has 174 valence electrons. The maximum atomic E-state index is 13.2. The zero-order chi connectivity index (χ0) is 24.4.